The van der Waals surface area contributed by atoms with Crippen LogP contribution in [0.1, 0.15) is 10.4 Å². The third-order valence-corrected chi connectivity index (χ3v) is 5.38. The Morgan fingerprint density at radius 1 is 1.10 bits per heavy atom. The van der Waals surface area contributed by atoms with Crippen molar-refractivity contribution in [3.05, 3.63) is 58.7 Å². The van der Waals surface area contributed by atoms with E-state index >= 15 is 0 Å². The van der Waals surface area contributed by atoms with Gasteiger partial charge >= 0.3 is 0 Å². The van der Waals surface area contributed by atoms with E-state index in [0.717, 1.165) is 21.1 Å². The molecule has 3 heterocycles. The summed E-state index contributed by atoms with van der Waals surface area (Å²) in [7, 11) is 0. The van der Waals surface area contributed by atoms with Gasteiger partial charge in [0.25, 0.3) is 5.91 Å². The van der Waals surface area contributed by atoms with E-state index in [9.17, 15) is 4.79 Å². The number of aromatic nitrogens is 5. The third kappa shape index (κ3) is 3.43. The average molecular weight is 452 g/mol. The number of halogens is 1. The zero-order chi connectivity index (χ0) is 19.8. The molecular weight excluding hydrogens is 436 g/mol. The zero-order valence-electron chi connectivity index (χ0n) is 15.3. The van der Waals surface area contributed by atoms with Crippen molar-refractivity contribution in [2.75, 3.05) is 26.3 Å². The van der Waals surface area contributed by atoms with Crippen molar-refractivity contribution in [1.29, 1.82) is 0 Å². The van der Waals surface area contributed by atoms with Gasteiger partial charge in [0.15, 0.2) is 5.69 Å². The maximum absolute atomic E-state index is 12.6. The van der Waals surface area contributed by atoms with Gasteiger partial charge in [-0.15, -0.1) is 5.10 Å². The number of rotatable bonds is 3. The van der Waals surface area contributed by atoms with E-state index in [-0.39, 0.29) is 5.91 Å². The van der Waals surface area contributed by atoms with Crippen LogP contribution in [0.4, 0.5) is 0 Å². The lowest BCUT2D eigenvalue weighted by molar-refractivity contribution is -0.664. The molecule has 0 aliphatic carbocycles. The lowest BCUT2D eigenvalue weighted by Crippen LogP contribution is -2.40. The number of carbonyl (C=O) groups excluding carboxylic acids is 1. The number of fused-ring (bicyclic) bond motifs is 1. The molecule has 1 aliphatic rings. The van der Waals surface area contributed by atoms with Crippen molar-refractivity contribution >= 4 is 32.7 Å². The highest BCUT2D eigenvalue weighted by Crippen LogP contribution is 2.25. The number of nitrogens with zero attached hydrogens (tertiary/aromatic N) is 6. The Morgan fingerprint density at radius 2 is 1.90 bits per heavy atom. The molecule has 2 aromatic heterocycles. The number of amides is 1. The van der Waals surface area contributed by atoms with E-state index in [2.05, 4.69) is 36.4 Å². The van der Waals surface area contributed by atoms with Crippen molar-refractivity contribution in [1.82, 2.24) is 25.4 Å². The van der Waals surface area contributed by atoms with Crippen LogP contribution in [0.5, 0.6) is 0 Å². The summed E-state index contributed by atoms with van der Waals surface area (Å²) in [6.45, 7) is 2.42. The van der Waals surface area contributed by atoms with Gasteiger partial charge < -0.3 is 19.8 Å². The predicted molar refractivity (Wildman–Crippen MR) is 108 cm³/mol. The number of hydrogen-bond acceptors (Lipinski definition) is 4. The first-order valence-electron chi connectivity index (χ1n) is 9.18. The van der Waals surface area contributed by atoms with Gasteiger partial charge in [0, 0.05) is 28.6 Å². The molecule has 0 atom stereocenters. The maximum Gasteiger partial charge on any atom is 0.254 e. The molecule has 0 bridgehead atoms. The minimum absolute atomic E-state index is 0.0174. The molecule has 1 fully saturated rings. The van der Waals surface area contributed by atoms with Crippen LogP contribution in [0.25, 0.3) is 28.0 Å². The number of carbonyl (C=O) groups is 1. The second-order valence-electron chi connectivity index (χ2n) is 6.71. The molecule has 5 rings (SSSR count). The Labute approximate surface area is 174 Å². The summed E-state index contributed by atoms with van der Waals surface area (Å²) in [5, 5.41) is 17.8. The van der Waals surface area contributed by atoms with Crippen LogP contribution in [-0.2, 0) is 4.74 Å². The summed E-state index contributed by atoms with van der Waals surface area (Å²) >= 11 is 3.44. The van der Waals surface area contributed by atoms with Gasteiger partial charge in [0.2, 0.25) is 0 Å². The molecule has 0 unspecified atom stereocenters. The molecule has 1 saturated heterocycles. The molecule has 1 aliphatic heterocycles. The monoisotopic (exact) mass is 451 g/mol. The summed E-state index contributed by atoms with van der Waals surface area (Å²) in [6.07, 6.45) is 1.81. The first-order valence-corrected chi connectivity index (χ1v) is 9.97. The molecule has 0 saturated carbocycles. The number of ether oxygens (including phenoxy) is 1. The Bertz CT molecular complexity index is 1180. The van der Waals surface area contributed by atoms with Crippen LogP contribution in [0.15, 0.2) is 53.1 Å². The van der Waals surface area contributed by atoms with Crippen LogP contribution in [0.3, 0.4) is 0 Å². The Kier molecular flexibility index (Phi) is 4.61. The summed E-state index contributed by atoms with van der Waals surface area (Å²) < 4.78 is 7.92. The van der Waals surface area contributed by atoms with Crippen molar-refractivity contribution in [3.63, 3.8) is 0 Å². The third-order valence-electron chi connectivity index (χ3n) is 4.89. The van der Waals surface area contributed by atoms with E-state index in [0.29, 0.717) is 43.3 Å². The molecule has 9 heteroatoms. The first-order chi connectivity index (χ1) is 14.2. The fourth-order valence-corrected chi connectivity index (χ4v) is 3.69. The number of hydrogen-bond donors (Lipinski definition) is 0. The smallest absolute Gasteiger partial charge is 0.254 e. The van der Waals surface area contributed by atoms with E-state index in [1.807, 2.05) is 53.6 Å². The highest BCUT2D eigenvalue weighted by Gasteiger charge is 2.18. The van der Waals surface area contributed by atoms with Gasteiger partial charge in [0.1, 0.15) is 11.9 Å². The normalized spacial score (nSPS) is 14.4. The Morgan fingerprint density at radius 3 is 2.69 bits per heavy atom. The second kappa shape index (κ2) is 7.41. The summed E-state index contributed by atoms with van der Waals surface area (Å²) in [5.41, 5.74) is 3.60. The van der Waals surface area contributed by atoms with Crippen LogP contribution in [0, 0.1) is 0 Å². The molecule has 0 radical (unpaired) electrons. The van der Waals surface area contributed by atoms with Gasteiger partial charge in [-0.05, 0) is 41.8 Å². The van der Waals surface area contributed by atoms with Crippen LogP contribution < -0.4 is 15.0 Å². The van der Waals surface area contributed by atoms with E-state index in [4.69, 9.17) is 4.74 Å². The van der Waals surface area contributed by atoms with E-state index in [1.54, 1.807) is 4.68 Å². The zero-order valence-corrected chi connectivity index (χ0v) is 16.9. The van der Waals surface area contributed by atoms with Crippen molar-refractivity contribution in [2.24, 2.45) is 0 Å². The number of morpholine rings is 1. The van der Waals surface area contributed by atoms with Crippen molar-refractivity contribution in [3.8, 4) is 17.1 Å². The van der Waals surface area contributed by atoms with Crippen molar-refractivity contribution < 1.29 is 14.2 Å². The summed E-state index contributed by atoms with van der Waals surface area (Å²) in [4.78, 5) is 14.4. The molecule has 8 nitrogen and oxygen atoms in total. The van der Waals surface area contributed by atoms with E-state index < -0.39 is 0 Å². The molecule has 1 amide bonds. The van der Waals surface area contributed by atoms with Crippen molar-refractivity contribution in [2.45, 2.75) is 0 Å². The fourth-order valence-electron chi connectivity index (χ4n) is 3.34. The lowest BCUT2D eigenvalue weighted by atomic mass is 10.1. The lowest BCUT2D eigenvalue weighted by Gasteiger charge is -2.26. The molecule has 2 aromatic carbocycles. The summed E-state index contributed by atoms with van der Waals surface area (Å²) in [6, 6.07) is 13.2. The minimum Gasteiger partial charge on any atom is -0.571 e. The largest absolute Gasteiger partial charge is 0.571 e. The molecule has 4 aromatic rings. The average Bonchev–Trinajstić information content (AvgIpc) is 3.40. The second-order valence-corrected chi connectivity index (χ2v) is 7.63. The van der Waals surface area contributed by atoms with Gasteiger partial charge in [-0.2, -0.15) is 0 Å². The molecular formula is C20H16BrN6O2-. The topological polar surface area (TPSA) is 87.4 Å². The van der Waals surface area contributed by atoms with Gasteiger partial charge in [-0.25, -0.2) is 0 Å². The molecule has 29 heavy (non-hydrogen) atoms. The maximum atomic E-state index is 12.6. The van der Waals surface area contributed by atoms with Gasteiger partial charge in [-0.1, -0.05) is 27.7 Å². The standard InChI is InChI=1S/C20H16BrN6O2/c21-14-3-6-16-17(11-14)22-24-19(16)18-12-27(25-23-18)15-4-1-13(2-5-15)20(28)26-7-9-29-10-8-26/h1-6,11-12H,7-10H2/q-1. The quantitative estimate of drug-likeness (QED) is 0.440. The highest BCUT2D eigenvalue weighted by atomic mass is 79.9. The Hall–Kier alpha value is -3.04. The minimum atomic E-state index is 0.0174. The highest BCUT2D eigenvalue weighted by molar-refractivity contribution is 9.10. The molecule has 146 valence electrons. The SMILES string of the molecule is O=C(c1ccc(-[n+]2cc(-c3[n-]nc4cc(Br)ccc34)n[n-]2)cc1)N1CCOCC1. The van der Waals surface area contributed by atoms with E-state index in [1.165, 1.54) is 0 Å². The fraction of sp³-hybridized carbons (Fsp3) is 0.200. The number of benzene rings is 2. The summed E-state index contributed by atoms with van der Waals surface area (Å²) in [5.74, 6) is 0.0174. The van der Waals surface area contributed by atoms with Gasteiger partial charge in [-0.3, -0.25) is 14.7 Å². The first kappa shape index (κ1) is 18.0. The van der Waals surface area contributed by atoms with Crippen LogP contribution in [0.2, 0.25) is 0 Å². The Balaban J connectivity index is 1.39. The predicted octanol–water partition coefficient (Wildman–Crippen LogP) is 1.72. The van der Waals surface area contributed by atoms with Crippen LogP contribution >= 0.6 is 15.9 Å². The van der Waals surface area contributed by atoms with Crippen LogP contribution in [-0.4, -0.2) is 47.3 Å². The molecule has 0 spiro atoms. The van der Waals surface area contributed by atoms with Gasteiger partial charge in [0.05, 0.1) is 13.2 Å². The molecule has 0 N–H and O–H groups in total.